The molecule has 4 aliphatic rings. The molecular formula is C24H30N4O4. The summed E-state index contributed by atoms with van der Waals surface area (Å²) in [6.07, 6.45) is 6.29. The maximum Gasteiger partial charge on any atom is 0.264 e. The quantitative estimate of drug-likeness (QED) is 0.695. The Bertz CT molecular complexity index is 947. The number of hydrogen-bond donors (Lipinski definition) is 2. The van der Waals surface area contributed by atoms with Crippen LogP contribution in [0.2, 0.25) is 0 Å². The van der Waals surface area contributed by atoms with Crippen LogP contribution in [0.3, 0.4) is 0 Å². The Morgan fingerprint density at radius 3 is 2.31 bits per heavy atom. The van der Waals surface area contributed by atoms with Gasteiger partial charge in [0.1, 0.15) is 6.04 Å². The largest absolute Gasteiger partial charge is 0.371 e. The molecule has 4 aliphatic heterocycles. The van der Waals surface area contributed by atoms with Gasteiger partial charge in [0, 0.05) is 19.5 Å². The van der Waals surface area contributed by atoms with Gasteiger partial charge in [-0.2, -0.15) is 0 Å². The maximum absolute atomic E-state index is 13.3. The minimum atomic E-state index is -0.927. The number of hydrogen-bond acceptors (Lipinski definition) is 6. The predicted octanol–water partition coefficient (Wildman–Crippen LogP) is 1.69. The van der Waals surface area contributed by atoms with Crippen molar-refractivity contribution in [3.63, 3.8) is 0 Å². The molecule has 0 aliphatic carbocycles. The molecule has 1 aromatic rings. The summed E-state index contributed by atoms with van der Waals surface area (Å²) in [5.74, 6) is -0.278. The number of benzene rings is 1. The van der Waals surface area contributed by atoms with E-state index in [0.717, 1.165) is 55.5 Å². The Morgan fingerprint density at radius 2 is 1.59 bits per heavy atom. The van der Waals surface area contributed by atoms with Gasteiger partial charge in [-0.3, -0.25) is 29.4 Å². The molecule has 4 amide bonds. The Labute approximate surface area is 187 Å². The lowest BCUT2D eigenvalue weighted by Crippen LogP contribution is -2.54. The van der Waals surface area contributed by atoms with Gasteiger partial charge in [-0.25, -0.2) is 0 Å². The van der Waals surface area contributed by atoms with Gasteiger partial charge in [0.15, 0.2) is 0 Å². The standard InChI is InChI=1S/C24H30N4O4/c29-20-5-4-19(22(30)26-20)28-23(31)17-2-1-3-18(21(17)24(28)32)27-12-8-16(9-13-27)14-15-6-10-25-11-7-15/h1-3,15-16,19,25H,4-14H2,(H,26,29,30). The van der Waals surface area contributed by atoms with E-state index < -0.39 is 23.8 Å². The number of nitrogens with zero attached hydrogens (tertiary/aromatic N) is 2. The topological polar surface area (TPSA) is 98.8 Å². The van der Waals surface area contributed by atoms with Crippen molar-refractivity contribution in [2.75, 3.05) is 31.1 Å². The first kappa shape index (κ1) is 21.1. The van der Waals surface area contributed by atoms with E-state index in [4.69, 9.17) is 0 Å². The number of carbonyl (C=O) groups excluding carboxylic acids is 4. The molecule has 1 atom stereocenters. The van der Waals surface area contributed by atoms with Crippen LogP contribution >= 0.6 is 0 Å². The number of amides is 4. The zero-order valence-electron chi connectivity index (χ0n) is 18.3. The summed E-state index contributed by atoms with van der Waals surface area (Å²) in [6.45, 7) is 3.98. The predicted molar refractivity (Wildman–Crippen MR) is 118 cm³/mol. The Kier molecular flexibility index (Phi) is 5.71. The van der Waals surface area contributed by atoms with Crippen molar-refractivity contribution in [3.8, 4) is 0 Å². The minimum absolute atomic E-state index is 0.126. The average molecular weight is 439 g/mol. The number of imide groups is 2. The second kappa shape index (κ2) is 8.65. The van der Waals surface area contributed by atoms with Crippen molar-refractivity contribution in [2.24, 2.45) is 11.8 Å². The number of nitrogens with one attached hydrogen (secondary N) is 2. The van der Waals surface area contributed by atoms with E-state index in [-0.39, 0.29) is 18.7 Å². The van der Waals surface area contributed by atoms with Crippen LogP contribution in [0.25, 0.3) is 0 Å². The van der Waals surface area contributed by atoms with Crippen molar-refractivity contribution < 1.29 is 19.2 Å². The van der Waals surface area contributed by atoms with Crippen molar-refractivity contribution in [1.82, 2.24) is 15.5 Å². The van der Waals surface area contributed by atoms with E-state index in [0.29, 0.717) is 17.0 Å². The molecule has 0 bridgehead atoms. The molecule has 0 spiro atoms. The van der Waals surface area contributed by atoms with Crippen molar-refractivity contribution in [1.29, 1.82) is 0 Å². The SMILES string of the molecule is O=C1CCC(N2C(=O)c3cccc(N4CCC(CC5CCNCC5)CC4)c3C2=O)C(=O)N1. The highest BCUT2D eigenvalue weighted by Crippen LogP contribution is 2.37. The van der Waals surface area contributed by atoms with Crippen LogP contribution in [0.15, 0.2) is 18.2 Å². The zero-order valence-corrected chi connectivity index (χ0v) is 18.3. The summed E-state index contributed by atoms with van der Waals surface area (Å²) in [5.41, 5.74) is 1.55. The molecule has 5 rings (SSSR count). The van der Waals surface area contributed by atoms with Gasteiger partial charge in [0.2, 0.25) is 11.8 Å². The Balaban J connectivity index is 1.30. The second-order valence-corrected chi connectivity index (χ2v) is 9.51. The molecule has 32 heavy (non-hydrogen) atoms. The number of rotatable bonds is 4. The third kappa shape index (κ3) is 3.81. The molecule has 8 nitrogen and oxygen atoms in total. The van der Waals surface area contributed by atoms with E-state index in [1.54, 1.807) is 6.07 Å². The van der Waals surface area contributed by atoms with Crippen molar-refractivity contribution >= 4 is 29.3 Å². The van der Waals surface area contributed by atoms with Gasteiger partial charge < -0.3 is 10.2 Å². The van der Waals surface area contributed by atoms with Crippen LogP contribution in [0.4, 0.5) is 5.69 Å². The van der Waals surface area contributed by atoms with Crippen molar-refractivity contribution in [2.45, 2.75) is 51.0 Å². The molecule has 170 valence electrons. The summed E-state index contributed by atoms with van der Waals surface area (Å²) >= 11 is 0. The van der Waals surface area contributed by atoms with Gasteiger partial charge in [-0.05, 0) is 75.6 Å². The summed E-state index contributed by atoms with van der Waals surface area (Å²) in [7, 11) is 0. The van der Waals surface area contributed by atoms with Gasteiger partial charge in [-0.1, -0.05) is 6.07 Å². The molecule has 3 fully saturated rings. The zero-order chi connectivity index (χ0) is 22.2. The number of piperidine rings is 3. The molecule has 8 heteroatoms. The third-order valence-corrected chi connectivity index (χ3v) is 7.53. The number of anilines is 1. The lowest BCUT2D eigenvalue weighted by Gasteiger charge is -2.36. The third-order valence-electron chi connectivity index (χ3n) is 7.53. The first-order valence-electron chi connectivity index (χ1n) is 11.8. The fraction of sp³-hybridized carbons (Fsp3) is 0.583. The van der Waals surface area contributed by atoms with Gasteiger partial charge >= 0.3 is 0 Å². The van der Waals surface area contributed by atoms with Crippen molar-refractivity contribution in [3.05, 3.63) is 29.3 Å². The highest BCUT2D eigenvalue weighted by atomic mass is 16.2. The summed E-state index contributed by atoms with van der Waals surface area (Å²) in [4.78, 5) is 53.5. The first-order chi connectivity index (χ1) is 15.5. The molecule has 4 heterocycles. The molecule has 0 aromatic heterocycles. The second-order valence-electron chi connectivity index (χ2n) is 9.51. The van der Waals surface area contributed by atoms with Gasteiger partial charge in [0.05, 0.1) is 16.8 Å². The number of fused-ring (bicyclic) bond motifs is 1. The molecule has 3 saturated heterocycles. The maximum atomic E-state index is 13.3. The Morgan fingerprint density at radius 1 is 0.875 bits per heavy atom. The lowest BCUT2D eigenvalue weighted by molar-refractivity contribution is -0.136. The van der Waals surface area contributed by atoms with Gasteiger partial charge in [0.25, 0.3) is 11.8 Å². The Hall–Kier alpha value is -2.74. The fourth-order valence-corrected chi connectivity index (χ4v) is 5.76. The smallest absolute Gasteiger partial charge is 0.264 e. The van der Waals surface area contributed by atoms with Crippen LogP contribution in [0.1, 0.15) is 65.7 Å². The normalized spacial score (nSPS) is 25.3. The van der Waals surface area contributed by atoms with Crippen LogP contribution in [-0.2, 0) is 9.59 Å². The molecule has 0 saturated carbocycles. The van der Waals surface area contributed by atoms with E-state index in [1.807, 2.05) is 12.1 Å². The first-order valence-corrected chi connectivity index (χ1v) is 11.8. The molecule has 1 aromatic carbocycles. The van der Waals surface area contributed by atoms with E-state index in [2.05, 4.69) is 15.5 Å². The van der Waals surface area contributed by atoms with E-state index in [9.17, 15) is 19.2 Å². The summed E-state index contributed by atoms with van der Waals surface area (Å²) in [5, 5.41) is 5.68. The highest BCUT2D eigenvalue weighted by Gasteiger charge is 2.46. The van der Waals surface area contributed by atoms with E-state index in [1.165, 1.54) is 19.3 Å². The highest BCUT2D eigenvalue weighted by molar-refractivity contribution is 6.25. The fourth-order valence-electron chi connectivity index (χ4n) is 5.76. The van der Waals surface area contributed by atoms with E-state index >= 15 is 0 Å². The summed E-state index contributed by atoms with van der Waals surface area (Å²) < 4.78 is 0. The molecular weight excluding hydrogens is 408 g/mol. The molecule has 1 unspecified atom stereocenters. The van der Waals surface area contributed by atoms with Gasteiger partial charge in [-0.15, -0.1) is 0 Å². The van der Waals surface area contributed by atoms with Crippen LogP contribution in [0, 0.1) is 11.8 Å². The number of carbonyl (C=O) groups is 4. The summed E-state index contributed by atoms with van der Waals surface area (Å²) in [6, 6.07) is 4.46. The monoisotopic (exact) mass is 438 g/mol. The molecule has 0 radical (unpaired) electrons. The van der Waals surface area contributed by atoms with Crippen LogP contribution in [0.5, 0.6) is 0 Å². The van der Waals surface area contributed by atoms with Crippen LogP contribution in [-0.4, -0.2) is 60.7 Å². The molecule has 2 N–H and O–H groups in total. The van der Waals surface area contributed by atoms with Crippen LogP contribution < -0.4 is 15.5 Å². The minimum Gasteiger partial charge on any atom is -0.371 e. The lowest BCUT2D eigenvalue weighted by atomic mass is 9.83. The average Bonchev–Trinajstić information content (AvgIpc) is 3.06.